The zero-order valence-corrected chi connectivity index (χ0v) is 20.7. The first kappa shape index (κ1) is 23.0. The van der Waals surface area contributed by atoms with Gasteiger partial charge in [-0.1, -0.05) is 120 Å². The van der Waals surface area contributed by atoms with Crippen molar-refractivity contribution < 1.29 is 0 Å². The Morgan fingerprint density at radius 1 is 0.263 bits per heavy atom. The third-order valence-electron chi connectivity index (χ3n) is 6.37. The van der Waals surface area contributed by atoms with Crippen LogP contribution in [0, 0.1) is 35.5 Å². The average molecular weight is 479 g/mol. The molecule has 0 radical (unpaired) electrons. The van der Waals surface area contributed by atoms with Gasteiger partial charge in [-0.05, 0) is 59.3 Å². The lowest BCUT2D eigenvalue weighted by atomic mass is 9.97. The molecule has 0 amide bonds. The zero-order valence-electron chi connectivity index (χ0n) is 20.7. The maximum Gasteiger partial charge on any atom is 0.0340 e. The minimum Gasteiger partial charge on any atom is -0.0622 e. The number of benzene rings is 6. The Bertz CT molecular complexity index is 1810. The fourth-order valence-electron chi connectivity index (χ4n) is 4.56. The van der Waals surface area contributed by atoms with Gasteiger partial charge in [-0.15, -0.1) is 0 Å². The molecule has 6 rings (SSSR count). The molecule has 0 saturated carbocycles. The van der Waals surface area contributed by atoms with Crippen LogP contribution in [-0.2, 0) is 0 Å². The van der Waals surface area contributed by atoms with E-state index in [9.17, 15) is 0 Å². The maximum atomic E-state index is 3.47. The molecule has 6 aromatic rings. The largest absolute Gasteiger partial charge is 0.0622 e. The molecule has 0 fully saturated rings. The molecule has 0 unspecified atom stereocenters. The molecule has 174 valence electrons. The van der Waals surface area contributed by atoms with E-state index in [1.165, 1.54) is 0 Å². The van der Waals surface area contributed by atoms with Crippen molar-refractivity contribution in [2.24, 2.45) is 0 Å². The van der Waals surface area contributed by atoms with E-state index < -0.39 is 0 Å². The van der Waals surface area contributed by atoms with Crippen LogP contribution in [-0.4, -0.2) is 0 Å². The highest BCUT2D eigenvalue weighted by atomic mass is 14.1. The lowest BCUT2D eigenvalue weighted by Crippen LogP contribution is -1.87. The van der Waals surface area contributed by atoms with Gasteiger partial charge in [0.05, 0.1) is 0 Å². The van der Waals surface area contributed by atoms with E-state index in [1.54, 1.807) is 0 Å². The van der Waals surface area contributed by atoms with Crippen LogP contribution in [0.25, 0.3) is 21.5 Å². The summed E-state index contributed by atoms with van der Waals surface area (Å²) in [5.41, 5.74) is 5.86. The van der Waals surface area contributed by atoms with E-state index in [-0.39, 0.29) is 0 Å². The lowest BCUT2D eigenvalue weighted by molar-refractivity contribution is 1.63. The van der Waals surface area contributed by atoms with E-state index in [2.05, 4.69) is 108 Å². The van der Waals surface area contributed by atoms with Crippen LogP contribution in [0.15, 0.2) is 133 Å². The van der Waals surface area contributed by atoms with Gasteiger partial charge in [0.15, 0.2) is 0 Å². The molecule has 0 spiro atoms. The summed E-state index contributed by atoms with van der Waals surface area (Å²) in [5, 5.41) is 4.42. The summed E-state index contributed by atoms with van der Waals surface area (Å²) in [6, 6.07) is 45.1. The van der Waals surface area contributed by atoms with Crippen LogP contribution in [0.5, 0.6) is 0 Å². The average Bonchev–Trinajstić information content (AvgIpc) is 2.98. The molecule has 0 aliphatic heterocycles. The normalized spacial score (nSPS) is 10.0. The second-order valence-electron chi connectivity index (χ2n) is 8.90. The van der Waals surface area contributed by atoms with Crippen molar-refractivity contribution in [2.75, 3.05) is 0 Å². The Balaban J connectivity index is 1.47. The summed E-state index contributed by atoms with van der Waals surface area (Å²) in [7, 11) is 0. The monoisotopic (exact) mass is 478 g/mol. The molecular formula is C38H22. The Morgan fingerprint density at radius 2 is 0.579 bits per heavy atom. The van der Waals surface area contributed by atoms with Crippen LogP contribution in [0.3, 0.4) is 0 Å². The molecule has 0 aliphatic carbocycles. The SMILES string of the molecule is C(#Cc1cccc2cccc(C#Cc3cccc4cccc(C#Cc5ccccc5)c34)c12)c1ccccc1. The molecule has 0 heteroatoms. The fourth-order valence-corrected chi connectivity index (χ4v) is 4.56. The van der Waals surface area contributed by atoms with E-state index >= 15 is 0 Å². The summed E-state index contributed by atoms with van der Waals surface area (Å²) in [4.78, 5) is 0. The molecule has 0 bridgehead atoms. The quantitative estimate of drug-likeness (QED) is 0.193. The lowest BCUT2D eigenvalue weighted by Gasteiger charge is -2.05. The molecule has 0 atom stereocenters. The fraction of sp³-hybridized carbons (Fsp3) is 0. The molecule has 38 heavy (non-hydrogen) atoms. The van der Waals surface area contributed by atoms with Gasteiger partial charge >= 0.3 is 0 Å². The molecule has 0 aromatic heterocycles. The van der Waals surface area contributed by atoms with Crippen molar-refractivity contribution in [3.8, 4) is 35.5 Å². The first-order valence-electron chi connectivity index (χ1n) is 12.5. The van der Waals surface area contributed by atoms with Crippen molar-refractivity contribution in [3.63, 3.8) is 0 Å². The summed E-state index contributed by atoms with van der Waals surface area (Å²) >= 11 is 0. The van der Waals surface area contributed by atoms with Gasteiger partial charge in [-0.2, -0.15) is 0 Å². The predicted molar refractivity (Wildman–Crippen MR) is 159 cm³/mol. The van der Waals surface area contributed by atoms with Gasteiger partial charge < -0.3 is 0 Å². The maximum absolute atomic E-state index is 3.47. The molecular weight excluding hydrogens is 456 g/mol. The van der Waals surface area contributed by atoms with Crippen molar-refractivity contribution in [1.29, 1.82) is 0 Å². The predicted octanol–water partition coefficient (Wildman–Crippen LogP) is 8.19. The van der Waals surface area contributed by atoms with Crippen LogP contribution in [0.2, 0.25) is 0 Å². The highest BCUT2D eigenvalue weighted by molar-refractivity contribution is 5.95. The van der Waals surface area contributed by atoms with Gasteiger partial charge in [-0.25, -0.2) is 0 Å². The van der Waals surface area contributed by atoms with Gasteiger partial charge in [-0.3, -0.25) is 0 Å². The van der Waals surface area contributed by atoms with E-state index in [4.69, 9.17) is 0 Å². The standard InChI is InChI=1S/C38H22/c1-3-11-29(12-4-1)23-25-33-19-7-15-31-17-9-21-35(37(31)33)27-28-36-22-10-18-32-16-8-20-34(38(32)36)26-24-30-13-5-2-6-14-30/h1-22H. The Kier molecular flexibility index (Phi) is 6.43. The Hall–Kier alpha value is -5.48. The van der Waals surface area contributed by atoms with Crippen LogP contribution >= 0.6 is 0 Å². The third kappa shape index (κ3) is 4.92. The minimum atomic E-state index is 0.963. The second-order valence-corrected chi connectivity index (χ2v) is 8.90. The molecule has 0 heterocycles. The van der Waals surface area contributed by atoms with Gasteiger partial charge in [0.2, 0.25) is 0 Å². The summed E-state index contributed by atoms with van der Waals surface area (Å²) < 4.78 is 0. The molecule has 0 N–H and O–H groups in total. The Morgan fingerprint density at radius 3 is 0.921 bits per heavy atom. The number of hydrogen-bond acceptors (Lipinski definition) is 0. The summed E-state index contributed by atoms with van der Waals surface area (Å²) in [6.07, 6.45) is 0. The van der Waals surface area contributed by atoms with Crippen molar-refractivity contribution in [3.05, 3.63) is 167 Å². The van der Waals surface area contributed by atoms with Crippen molar-refractivity contribution >= 4 is 21.5 Å². The molecule has 6 aromatic carbocycles. The molecule has 0 aliphatic rings. The second kappa shape index (κ2) is 10.6. The van der Waals surface area contributed by atoms with Crippen molar-refractivity contribution in [1.82, 2.24) is 0 Å². The minimum absolute atomic E-state index is 0.963. The van der Waals surface area contributed by atoms with E-state index in [0.717, 1.165) is 54.9 Å². The van der Waals surface area contributed by atoms with Crippen LogP contribution < -0.4 is 0 Å². The zero-order chi connectivity index (χ0) is 25.6. The first-order chi connectivity index (χ1) is 18.8. The Labute approximate surface area is 223 Å². The highest BCUT2D eigenvalue weighted by Gasteiger charge is 2.06. The van der Waals surface area contributed by atoms with E-state index in [1.807, 2.05) is 60.7 Å². The number of fused-ring (bicyclic) bond motifs is 2. The number of rotatable bonds is 0. The van der Waals surface area contributed by atoms with Gasteiger partial charge in [0.1, 0.15) is 0 Å². The smallest absolute Gasteiger partial charge is 0.0340 e. The van der Waals surface area contributed by atoms with Crippen LogP contribution in [0.4, 0.5) is 0 Å². The summed E-state index contributed by atoms with van der Waals surface area (Å²) in [5.74, 6) is 20.3. The van der Waals surface area contributed by atoms with Gasteiger partial charge in [0.25, 0.3) is 0 Å². The number of hydrogen-bond donors (Lipinski definition) is 0. The molecule has 0 nitrogen and oxygen atoms in total. The van der Waals surface area contributed by atoms with Gasteiger partial charge in [0, 0.05) is 44.2 Å². The first-order valence-corrected chi connectivity index (χ1v) is 12.5. The molecule has 0 saturated heterocycles. The van der Waals surface area contributed by atoms with Crippen LogP contribution in [0.1, 0.15) is 33.4 Å². The summed E-state index contributed by atoms with van der Waals surface area (Å²) in [6.45, 7) is 0. The third-order valence-corrected chi connectivity index (χ3v) is 6.37. The highest BCUT2D eigenvalue weighted by Crippen LogP contribution is 2.25. The van der Waals surface area contributed by atoms with E-state index in [0.29, 0.717) is 0 Å². The topological polar surface area (TPSA) is 0 Å². The van der Waals surface area contributed by atoms with Crippen molar-refractivity contribution in [2.45, 2.75) is 0 Å².